The van der Waals surface area contributed by atoms with Gasteiger partial charge in [0.15, 0.2) is 0 Å². The van der Waals surface area contributed by atoms with Crippen molar-refractivity contribution < 1.29 is 0 Å². The van der Waals surface area contributed by atoms with E-state index in [2.05, 4.69) is 26.8 Å². The lowest BCUT2D eigenvalue weighted by atomic mass is 9.72. The summed E-state index contributed by atoms with van der Waals surface area (Å²) in [6, 6.07) is 0. The molecule has 0 N–H and O–H groups in total. The van der Waals surface area contributed by atoms with Crippen LogP contribution in [0, 0.1) is 12.0 Å². The van der Waals surface area contributed by atoms with E-state index in [1.54, 1.807) is 0 Å². The van der Waals surface area contributed by atoms with Crippen molar-refractivity contribution in [1.82, 2.24) is 0 Å². The minimum Gasteiger partial charge on any atom is -0.0696 e. The first-order valence-electron chi connectivity index (χ1n) is 5.41. The van der Waals surface area contributed by atoms with Crippen LogP contribution in [0.5, 0.6) is 0 Å². The van der Waals surface area contributed by atoms with Gasteiger partial charge in [-0.15, -0.1) is 0 Å². The first kappa shape index (κ1) is 11.3. The van der Waals surface area contributed by atoms with Crippen molar-refractivity contribution in [1.29, 1.82) is 0 Å². The van der Waals surface area contributed by atoms with Crippen LogP contribution >= 0.6 is 0 Å². The molecule has 0 amide bonds. The molecule has 0 saturated heterocycles. The smallest absolute Gasteiger partial charge is 0.0104 e. The second kappa shape index (κ2) is 4.16. The summed E-state index contributed by atoms with van der Waals surface area (Å²) in [4.78, 5) is 0. The summed E-state index contributed by atoms with van der Waals surface area (Å²) in [6.07, 6.45) is 8.07. The first-order valence-corrected chi connectivity index (χ1v) is 5.41. The van der Waals surface area contributed by atoms with Gasteiger partial charge in [-0.25, -0.2) is 0 Å². The summed E-state index contributed by atoms with van der Waals surface area (Å²) in [5.74, 6) is 0. The quantitative estimate of drug-likeness (QED) is 0.563. The van der Waals surface area contributed by atoms with E-state index in [-0.39, 0.29) is 0 Å². The SMILES string of the molecule is [CH]=C(C)/C=C/C1=C(C)CCCC1(C)C. The van der Waals surface area contributed by atoms with E-state index < -0.39 is 0 Å². The molecular weight excluding hydrogens is 168 g/mol. The predicted molar refractivity (Wildman–Crippen MR) is 63.0 cm³/mol. The average Bonchev–Trinajstić information content (AvgIpc) is 2.01. The fourth-order valence-electron chi connectivity index (χ4n) is 2.23. The molecule has 0 atom stereocenters. The number of rotatable bonds is 2. The van der Waals surface area contributed by atoms with Crippen molar-refractivity contribution in [3.63, 3.8) is 0 Å². The molecule has 77 valence electrons. The molecule has 0 spiro atoms. The molecule has 0 aromatic heterocycles. The molecule has 1 rings (SSSR count). The number of allylic oxidation sites excluding steroid dienone is 5. The molecule has 1 radical (unpaired) electrons. The zero-order chi connectivity index (χ0) is 10.8. The lowest BCUT2D eigenvalue weighted by Crippen LogP contribution is -2.19. The van der Waals surface area contributed by atoms with E-state index in [4.69, 9.17) is 6.58 Å². The van der Waals surface area contributed by atoms with E-state index in [9.17, 15) is 0 Å². The normalized spacial score (nSPS) is 21.7. The van der Waals surface area contributed by atoms with E-state index in [0.717, 1.165) is 5.57 Å². The van der Waals surface area contributed by atoms with Crippen LogP contribution in [0.25, 0.3) is 0 Å². The van der Waals surface area contributed by atoms with Crippen LogP contribution in [0.1, 0.15) is 47.0 Å². The monoisotopic (exact) mass is 189 g/mol. The number of hydrogen-bond acceptors (Lipinski definition) is 0. The van der Waals surface area contributed by atoms with Crippen LogP contribution in [0.2, 0.25) is 0 Å². The Morgan fingerprint density at radius 2 is 2.07 bits per heavy atom. The molecule has 0 aromatic rings. The van der Waals surface area contributed by atoms with Crippen LogP contribution in [0.3, 0.4) is 0 Å². The Bertz CT molecular complexity index is 287. The zero-order valence-electron chi connectivity index (χ0n) is 9.85. The van der Waals surface area contributed by atoms with Gasteiger partial charge in [0.1, 0.15) is 0 Å². The lowest BCUT2D eigenvalue weighted by molar-refractivity contribution is 0.377. The minimum atomic E-state index is 0.328. The van der Waals surface area contributed by atoms with Gasteiger partial charge in [0, 0.05) is 0 Å². The highest BCUT2D eigenvalue weighted by Gasteiger charge is 2.26. The van der Waals surface area contributed by atoms with Gasteiger partial charge in [-0.2, -0.15) is 0 Å². The summed E-state index contributed by atoms with van der Waals surface area (Å²) >= 11 is 0. The Labute approximate surface area is 88.4 Å². The molecule has 0 aliphatic heterocycles. The largest absolute Gasteiger partial charge is 0.0696 e. The molecule has 0 bridgehead atoms. The van der Waals surface area contributed by atoms with Gasteiger partial charge < -0.3 is 0 Å². The second-order valence-corrected chi connectivity index (χ2v) is 5.01. The van der Waals surface area contributed by atoms with Gasteiger partial charge in [-0.05, 0) is 44.1 Å². The maximum Gasteiger partial charge on any atom is -0.0104 e. The van der Waals surface area contributed by atoms with Gasteiger partial charge >= 0.3 is 0 Å². The van der Waals surface area contributed by atoms with Gasteiger partial charge in [0.05, 0.1) is 0 Å². The minimum absolute atomic E-state index is 0.328. The molecule has 1 aliphatic carbocycles. The Balaban J connectivity index is 2.96. The van der Waals surface area contributed by atoms with E-state index >= 15 is 0 Å². The van der Waals surface area contributed by atoms with Crippen molar-refractivity contribution in [2.45, 2.75) is 47.0 Å². The fourth-order valence-corrected chi connectivity index (χ4v) is 2.23. The standard InChI is InChI=1S/C14H21/c1-11(2)8-9-13-12(3)7-6-10-14(13,4)5/h1,8-9H,6-7,10H2,2-5H3/b9-8+,11-1?. The summed E-state index contributed by atoms with van der Waals surface area (Å²) in [6.45, 7) is 14.5. The van der Waals surface area contributed by atoms with Crippen LogP contribution in [-0.2, 0) is 0 Å². The molecule has 0 heteroatoms. The summed E-state index contributed by atoms with van der Waals surface area (Å²) < 4.78 is 0. The molecule has 0 fully saturated rings. The Hall–Kier alpha value is -0.780. The van der Waals surface area contributed by atoms with Crippen molar-refractivity contribution in [3.8, 4) is 0 Å². The predicted octanol–water partition coefficient (Wildman–Crippen LogP) is 4.45. The maximum atomic E-state index is 5.65. The second-order valence-electron chi connectivity index (χ2n) is 5.01. The van der Waals surface area contributed by atoms with Crippen LogP contribution in [-0.4, -0.2) is 0 Å². The summed E-state index contributed by atoms with van der Waals surface area (Å²) in [7, 11) is 0. The van der Waals surface area contributed by atoms with Crippen molar-refractivity contribution in [3.05, 3.63) is 35.5 Å². The molecule has 0 aromatic carbocycles. The van der Waals surface area contributed by atoms with Crippen LogP contribution < -0.4 is 0 Å². The van der Waals surface area contributed by atoms with Gasteiger partial charge in [-0.1, -0.05) is 43.7 Å². The highest BCUT2D eigenvalue weighted by molar-refractivity contribution is 5.35. The Morgan fingerprint density at radius 3 is 2.57 bits per heavy atom. The Kier molecular flexibility index (Phi) is 3.36. The van der Waals surface area contributed by atoms with Gasteiger partial charge in [0.2, 0.25) is 0 Å². The number of hydrogen-bond donors (Lipinski definition) is 0. The molecule has 1 aliphatic rings. The average molecular weight is 189 g/mol. The van der Waals surface area contributed by atoms with Crippen LogP contribution in [0.4, 0.5) is 0 Å². The molecule has 0 heterocycles. The summed E-state index contributed by atoms with van der Waals surface area (Å²) in [5, 5.41) is 0. The van der Waals surface area contributed by atoms with E-state index in [1.807, 2.05) is 13.0 Å². The molecule has 0 nitrogen and oxygen atoms in total. The zero-order valence-corrected chi connectivity index (χ0v) is 9.85. The highest BCUT2D eigenvalue weighted by Crippen LogP contribution is 2.40. The fraction of sp³-hybridized carbons (Fsp3) is 0.571. The van der Waals surface area contributed by atoms with Gasteiger partial charge in [-0.3, -0.25) is 0 Å². The van der Waals surface area contributed by atoms with Crippen molar-refractivity contribution in [2.75, 3.05) is 0 Å². The van der Waals surface area contributed by atoms with Crippen LogP contribution in [0.15, 0.2) is 28.9 Å². The maximum absolute atomic E-state index is 5.65. The van der Waals surface area contributed by atoms with E-state index in [1.165, 1.54) is 30.4 Å². The molecule has 0 saturated carbocycles. The lowest BCUT2D eigenvalue weighted by Gasteiger charge is -2.32. The highest BCUT2D eigenvalue weighted by atomic mass is 14.3. The topological polar surface area (TPSA) is 0 Å². The van der Waals surface area contributed by atoms with E-state index in [0.29, 0.717) is 5.41 Å². The van der Waals surface area contributed by atoms with Gasteiger partial charge in [0.25, 0.3) is 0 Å². The third-order valence-electron chi connectivity index (χ3n) is 3.06. The molecular formula is C14H21. The van der Waals surface area contributed by atoms with Crippen molar-refractivity contribution >= 4 is 0 Å². The first-order chi connectivity index (χ1) is 6.43. The molecule has 0 unspecified atom stereocenters. The third kappa shape index (κ3) is 2.60. The molecule has 14 heavy (non-hydrogen) atoms. The van der Waals surface area contributed by atoms with Crippen molar-refractivity contribution in [2.24, 2.45) is 5.41 Å². The Morgan fingerprint density at radius 1 is 1.43 bits per heavy atom. The summed E-state index contributed by atoms with van der Waals surface area (Å²) in [5.41, 5.74) is 4.22. The third-order valence-corrected chi connectivity index (χ3v) is 3.06.